The molecule has 0 radical (unpaired) electrons. The summed E-state index contributed by atoms with van der Waals surface area (Å²) in [5.41, 5.74) is 5.76. The first-order valence-corrected chi connectivity index (χ1v) is 9.25. The second-order valence-corrected chi connectivity index (χ2v) is 6.92. The summed E-state index contributed by atoms with van der Waals surface area (Å²) in [5.74, 6) is 0.575. The number of H-pyrrole nitrogens is 1. The van der Waals surface area contributed by atoms with Gasteiger partial charge in [-0.05, 0) is 44.2 Å². The average Bonchev–Trinajstić information content (AvgIpc) is 3.17. The molecular weight excluding hydrogens is 344 g/mol. The van der Waals surface area contributed by atoms with Gasteiger partial charge in [-0.3, -0.25) is 9.89 Å². The van der Waals surface area contributed by atoms with Gasteiger partial charge >= 0.3 is 0 Å². The van der Waals surface area contributed by atoms with Crippen LogP contribution in [0.1, 0.15) is 18.2 Å². The molecule has 1 aromatic carbocycles. The van der Waals surface area contributed by atoms with Crippen molar-refractivity contribution < 1.29 is 0 Å². The molecule has 3 heterocycles. The number of aromatic nitrogens is 3. The average molecular weight is 362 g/mol. The molecule has 5 nitrogen and oxygen atoms in total. The molecule has 0 amide bonds. The number of hydrogen-bond acceptors (Lipinski definition) is 4. The van der Waals surface area contributed by atoms with Gasteiger partial charge in [-0.15, -0.1) is 0 Å². The Morgan fingerprint density at radius 2 is 2.04 bits per heavy atom. The van der Waals surface area contributed by atoms with Crippen molar-refractivity contribution >= 4 is 23.5 Å². The Balaban J connectivity index is 1.75. The summed E-state index contributed by atoms with van der Waals surface area (Å²) >= 11 is 1.67. The third-order valence-corrected chi connectivity index (χ3v) is 5.36. The largest absolute Gasteiger partial charge is 0.329 e. The van der Waals surface area contributed by atoms with E-state index in [2.05, 4.69) is 39.8 Å². The van der Waals surface area contributed by atoms with Gasteiger partial charge in [0.1, 0.15) is 5.03 Å². The normalized spacial score (nSPS) is 12.8. The molecule has 0 fully saturated rings. The van der Waals surface area contributed by atoms with Crippen LogP contribution < -0.4 is 10.5 Å². The van der Waals surface area contributed by atoms with Crippen LogP contribution in [-0.4, -0.2) is 21.3 Å². The number of para-hydroxylation sites is 1. The molecule has 26 heavy (non-hydrogen) atoms. The summed E-state index contributed by atoms with van der Waals surface area (Å²) < 4.78 is 1.46. The molecule has 1 aliphatic rings. The van der Waals surface area contributed by atoms with Crippen molar-refractivity contribution in [3.05, 3.63) is 81.0 Å². The van der Waals surface area contributed by atoms with Gasteiger partial charge in [0.15, 0.2) is 5.82 Å². The molecule has 0 bridgehead atoms. The fraction of sp³-hybridized carbons (Fsp3) is 0.150. The van der Waals surface area contributed by atoms with Gasteiger partial charge in [0.25, 0.3) is 5.56 Å². The number of aromatic amines is 1. The molecule has 0 saturated heterocycles. The maximum absolute atomic E-state index is 12.8. The second-order valence-electron chi connectivity index (χ2n) is 5.89. The predicted octanol–water partition coefficient (Wildman–Crippen LogP) is 3.95. The minimum Gasteiger partial charge on any atom is -0.329 e. The highest BCUT2D eigenvalue weighted by Crippen LogP contribution is 2.44. The SMILES string of the molecule is CCN1C(=C=Cc2c(C)[nH]n(-c3ccccn3)c2=O)Sc2ccccc21. The Hall–Kier alpha value is -2.95. The monoisotopic (exact) mass is 362 g/mol. The lowest BCUT2D eigenvalue weighted by molar-refractivity contribution is 0.807. The maximum atomic E-state index is 12.8. The van der Waals surface area contributed by atoms with Gasteiger partial charge < -0.3 is 4.90 Å². The van der Waals surface area contributed by atoms with Gasteiger partial charge in [-0.25, -0.2) is 9.67 Å². The van der Waals surface area contributed by atoms with E-state index in [-0.39, 0.29) is 5.56 Å². The highest BCUT2D eigenvalue weighted by molar-refractivity contribution is 8.03. The number of pyridine rings is 1. The summed E-state index contributed by atoms with van der Waals surface area (Å²) in [6.07, 6.45) is 3.44. The highest BCUT2D eigenvalue weighted by Gasteiger charge is 2.23. The summed E-state index contributed by atoms with van der Waals surface area (Å²) in [6, 6.07) is 13.8. The zero-order valence-corrected chi connectivity index (χ0v) is 15.4. The molecule has 6 heteroatoms. The number of nitrogens with one attached hydrogen (secondary N) is 1. The van der Waals surface area contributed by atoms with Crippen molar-refractivity contribution in [1.82, 2.24) is 14.8 Å². The van der Waals surface area contributed by atoms with Crippen LogP contribution >= 0.6 is 11.8 Å². The third-order valence-electron chi connectivity index (χ3n) is 4.26. The Labute approximate surface area is 155 Å². The number of anilines is 1. The fourth-order valence-electron chi connectivity index (χ4n) is 2.97. The van der Waals surface area contributed by atoms with E-state index in [4.69, 9.17) is 0 Å². The third kappa shape index (κ3) is 2.79. The minimum atomic E-state index is -0.127. The zero-order chi connectivity index (χ0) is 18.1. The molecule has 1 aliphatic heterocycles. The van der Waals surface area contributed by atoms with Crippen molar-refractivity contribution in [2.24, 2.45) is 0 Å². The first-order valence-electron chi connectivity index (χ1n) is 8.43. The van der Waals surface area contributed by atoms with Gasteiger partial charge in [-0.2, -0.15) is 0 Å². The lowest BCUT2D eigenvalue weighted by Crippen LogP contribution is -2.17. The summed E-state index contributed by atoms with van der Waals surface area (Å²) in [5, 5.41) is 4.09. The number of thioether (sulfide) groups is 1. The number of aryl methyl sites for hydroxylation is 1. The van der Waals surface area contributed by atoms with Crippen LogP contribution in [0.3, 0.4) is 0 Å². The molecule has 0 aliphatic carbocycles. The van der Waals surface area contributed by atoms with Crippen molar-refractivity contribution in [3.8, 4) is 5.82 Å². The van der Waals surface area contributed by atoms with Crippen molar-refractivity contribution in [2.75, 3.05) is 11.4 Å². The lowest BCUT2D eigenvalue weighted by atomic mass is 10.2. The molecule has 3 aromatic rings. The predicted molar refractivity (Wildman–Crippen MR) is 106 cm³/mol. The summed E-state index contributed by atoms with van der Waals surface area (Å²) in [7, 11) is 0. The highest BCUT2D eigenvalue weighted by atomic mass is 32.2. The van der Waals surface area contributed by atoms with Crippen LogP contribution in [0.15, 0.2) is 69.1 Å². The van der Waals surface area contributed by atoms with E-state index in [1.165, 1.54) is 15.3 Å². The Morgan fingerprint density at radius 3 is 2.81 bits per heavy atom. The van der Waals surface area contributed by atoms with Crippen molar-refractivity contribution in [3.63, 3.8) is 0 Å². The smallest absolute Gasteiger partial charge is 0.280 e. The van der Waals surface area contributed by atoms with Crippen LogP contribution in [0.2, 0.25) is 0 Å². The molecule has 130 valence electrons. The molecule has 4 rings (SSSR count). The molecule has 1 N–H and O–H groups in total. The Bertz CT molecular complexity index is 1070. The standard InChI is InChI=1S/C20H18N4OS/c1-3-23-16-8-4-5-9-17(16)26-19(23)12-11-15-14(2)22-24(20(15)25)18-10-6-7-13-21-18/h4-11,13,22H,3H2,1-2H3. The molecule has 0 unspecified atom stereocenters. The van der Waals surface area contributed by atoms with Crippen molar-refractivity contribution in [1.29, 1.82) is 0 Å². The number of rotatable bonds is 3. The van der Waals surface area contributed by atoms with Gasteiger partial charge in [0.2, 0.25) is 0 Å². The first kappa shape index (κ1) is 16.5. The van der Waals surface area contributed by atoms with Crippen LogP contribution in [-0.2, 0) is 0 Å². The van der Waals surface area contributed by atoms with Crippen LogP contribution in [0.25, 0.3) is 11.9 Å². The van der Waals surface area contributed by atoms with Gasteiger partial charge in [-0.1, -0.05) is 35.7 Å². The second kappa shape index (κ2) is 6.75. The van der Waals surface area contributed by atoms with E-state index < -0.39 is 0 Å². The number of nitrogens with zero attached hydrogens (tertiary/aromatic N) is 3. The minimum absolute atomic E-state index is 0.127. The zero-order valence-electron chi connectivity index (χ0n) is 14.6. The molecule has 0 saturated carbocycles. The van der Waals surface area contributed by atoms with Crippen LogP contribution in [0.5, 0.6) is 0 Å². The van der Waals surface area contributed by atoms with Crippen LogP contribution in [0.4, 0.5) is 5.69 Å². The quantitative estimate of drug-likeness (QED) is 0.717. The number of benzene rings is 1. The van der Waals surface area contributed by atoms with Crippen molar-refractivity contribution in [2.45, 2.75) is 18.7 Å². The van der Waals surface area contributed by atoms with E-state index >= 15 is 0 Å². The van der Waals surface area contributed by atoms with E-state index in [1.54, 1.807) is 30.1 Å². The molecule has 0 spiro atoms. The fourth-order valence-corrected chi connectivity index (χ4v) is 4.06. The number of fused-ring (bicyclic) bond motifs is 1. The first-order chi connectivity index (χ1) is 12.7. The summed E-state index contributed by atoms with van der Waals surface area (Å²) in [6.45, 7) is 4.84. The van der Waals surface area contributed by atoms with Gasteiger partial charge in [0.05, 0.1) is 11.3 Å². The van der Waals surface area contributed by atoms with E-state index in [1.807, 2.05) is 31.2 Å². The van der Waals surface area contributed by atoms with Gasteiger partial charge in [0, 0.05) is 23.3 Å². The van der Waals surface area contributed by atoms with Crippen LogP contribution in [0, 0.1) is 6.92 Å². The molecular formula is C20H18N4OS. The van der Waals surface area contributed by atoms with E-state index in [9.17, 15) is 4.79 Å². The Kier molecular flexibility index (Phi) is 4.29. The molecule has 2 aromatic heterocycles. The topological polar surface area (TPSA) is 53.9 Å². The number of hydrogen-bond donors (Lipinski definition) is 1. The maximum Gasteiger partial charge on any atom is 0.280 e. The summed E-state index contributed by atoms with van der Waals surface area (Å²) in [4.78, 5) is 20.4. The molecule has 0 atom stereocenters. The van der Waals surface area contributed by atoms with E-state index in [0.29, 0.717) is 11.4 Å². The van der Waals surface area contributed by atoms with E-state index in [0.717, 1.165) is 17.3 Å². The lowest BCUT2D eigenvalue weighted by Gasteiger charge is -2.15. The Morgan fingerprint density at radius 1 is 1.23 bits per heavy atom.